The van der Waals surface area contributed by atoms with Crippen molar-refractivity contribution in [3.8, 4) is 23.1 Å². The van der Waals surface area contributed by atoms with Gasteiger partial charge in [0.05, 0.1) is 35.7 Å². The van der Waals surface area contributed by atoms with Crippen LogP contribution in [0.3, 0.4) is 0 Å². The third-order valence-corrected chi connectivity index (χ3v) is 5.28. The number of ether oxygens (including phenoxy) is 1. The fourth-order valence-electron chi connectivity index (χ4n) is 3.71. The maximum absolute atomic E-state index is 12.6. The lowest BCUT2D eigenvalue weighted by atomic mass is 10.0. The van der Waals surface area contributed by atoms with Gasteiger partial charge in [-0.05, 0) is 55.3 Å². The van der Waals surface area contributed by atoms with E-state index in [-0.39, 0.29) is 5.88 Å². The topological polar surface area (TPSA) is 62.9 Å². The van der Waals surface area contributed by atoms with Crippen molar-refractivity contribution in [2.75, 3.05) is 19.7 Å². The van der Waals surface area contributed by atoms with Gasteiger partial charge in [-0.3, -0.25) is 0 Å². The molecule has 1 atom stereocenters. The van der Waals surface area contributed by atoms with Gasteiger partial charge in [-0.2, -0.15) is 18.4 Å². The molecule has 0 amide bonds. The van der Waals surface area contributed by atoms with Crippen LogP contribution >= 0.6 is 0 Å². The number of rotatable bonds is 6. The first-order chi connectivity index (χ1) is 14.4. The number of alkyl halides is 3. The van der Waals surface area contributed by atoms with Crippen molar-refractivity contribution in [2.45, 2.75) is 25.6 Å². The molecule has 3 aromatic rings. The fourth-order valence-corrected chi connectivity index (χ4v) is 3.71. The molecule has 4 rings (SSSR count). The van der Waals surface area contributed by atoms with Crippen LogP contribution in [0.25, 0.3) is 22.2 Å². The average Bonchev–Trinajstić information content (AvgIpc) is 3.37. The molecular formula is C22H21F3N4O. The van der Waals surface area contributed by atoms with Crippen LogP contribution in [0.5, 0.6) is 5.88 Å². The van der Waals surface area contributed by atoms with E-state index in [1.807, 2.05) is 18.3 Å². The van der Waals surface area contributed by atoms with Crippen molar-refractivity contribution in [3.63, 3.8) is 0 Å². The second kappa shape index (κ2) is 8.36. The number of nitriles is 1. The van der Waals surface area contributed by atoms with Gasteiger partial charge in [0.2, 0.25) is 5.88 Å². The van der Waals surface area contributed by atoms with Gasteiger partial charge in [0.15, 0.2) is 0 Å². The Bertz CT molecular complexity index is 1060. The van der Waals surface area contributed by atoms with E-state index in [9.17, 15) is 13.2 Å². The molecule has 8 heteroatoms. The molecule has 3 heterocycles. The summed E-state index contributed by atoms with van der Waals surface area (Å²) >= 11 is 0. The minimum absolute atomic E-state index is 0.164. The molecule has 1 N–H and O–H groups in total. The van der Waals surface area contributed by atoms with Gasteiger partial charge in [0.1, 0.15) is 0 Å². The van der Waals surface area contributed by atoms with Gasteiger partial charge in [-0.15, -0.1) is 0 Å². The normalized spacial score (nSPS) is 16.7. The molecule has 1 aromatic carbocycles. The molecule has 0 saturated carbocycles. The van der Waals surface area contributed by atoms with Gasteiger partial charge < -0.3 is 14.6 Å². The highest BCUT2D eigenvalue weighted by Gasteiger charge is 2.27. The molecule has 1 aliphatic heterocycles. The van der Waals surface area contributed by atoms with E-state index in [0.717, 1.165) is 37.1 Å². The zero-order valence-electron chi connectivity index (χ0n) is 16.2. The first-order valence-corrected chi connectivity index (χ1v) is 9.83. The van der Waals surface area contributed by atoms with E-state index < -0.39 is 19.2 Å². The summed E-state index contributed by atoms with van der Waals surface area (Å²) in [6.45, 7) is 2.32. The minimum atomic E-state index is -4.29. The Morgan fingerprint density at radius 3 is 2.70 bits per heavy atom. The Labute approximate surface area is 172 Å². The van der Waals surface area contributed by atoms with E-state index in [0.29, 0.717) is 22.6 Å². The summed E-state index contributed by atoms with van der Waals surface area (Å²) in [6.07, 6.45) is -2.28. The third kappa shape index (κ3) is 4.57. The molecule has 0 spiro atoms. The van der Waals surface area contributed by atoms with E-state index in [1.54, 1.807) is 24.3 Å². The van der Waals surface area contributed by atoms with Crippen molar-refractivity contribution >= 4 is 11.0 Å². The summed E-state index contributed by atoms with van der Waals surface area (Å²) in [5, 5.41) is 12.4. The maximum Gasteiger partial charge on any atom is 0.392 e. The molecule has 0 radical (unpaired) electrons. The van der Waals surface area contributed by atoms with Gasteiger partial charge in [0.25, 0.3) is 0 Å². The summed E-state index contributed by atoms with van der Waals surface area (Å²) in [7, 11) is 0. The number of nitrogens with zero attached hydrogens (tertiary/aromatic N) is 3. The van der Waals surface area contributed by atoms with Crippen molar-refractivity contribution < 1.29 is 17.9 Å². The maximum atomic E-state index is 12.6. The Morgan fingerprint density at radius 1 is 1.23 bits per heavy atom. The van der Waals surface area contributed by atoms with Gasteiger partial charge >= 0.3 is 6.18 Å². The minimum Gasteiger partial charge on any atom is -0.477 e. The summed E-state index contributed by atoms with van der Waals surface area (Å²) in [5.41, 5.74) is 3.44. The highest BCUT2D eigenvalue weighted by Crippen LogP contribution is 2.33. The first-order valence-electron chi connectivity index (χ1n) is 9.83. The summed E-state index contributed by atoms with van der Waals surface area (Å²) in [5.74, 6) is 0.693. The number of halogens is 3. The van der Waals surface area contributed by atoms with Gasteiger partial charge in [0, 0.05) is 18.3 Å². The lowest BCUT2D eigenvalue weighted by Gasteiger charge is -2.15. The zero-order chi connectivity index (χ0) is 21.1. The van der Waals surface area contributed by atoms with Crippen LogP contribution in [-0.4, -0.2) is 35.4 Å². The predicted octanol–water partition coefficient (Wildman–Crippen LogP) is 4.52. The van der Waals surface area contributed by atoms with Gasteiger partial charge in [-0.1, -0.05) is 12.1 Å². The molecule has 2 aromatic heterocycles. The highest BCUT2D eigenvalue weighted by molar-refractivity contribution is 5.84. The highest BCUT2D eigenvalue weighted by atomic mass is 19.4. The Balaban J connectivity index is 1.70. The standard InChI is InChI=1S/C22H21F3N4O/c23-22(24,25)7-10-30-21-18(17-3-1-15(12-26)2-4-17)11-20-19(28-21)6-9-29(20)14-16-5-8-27-13-16/h1-4,6,9,11,16,27H,5,7-8,10,13-14H2. The Morgan fingerprint density at radius 2 is 2.03 bits per heavy atom. The number of pyridine rings is 1. The molecule has 5 nitrogen and oxygen atoms in total. The lowest BCUT2D eigenvalue weighted by Crippen LogP contribution is -2.14. The van der Waals surface area contributed by atoms with Crippen molar-refractivity contribution in [1.29, 1.82) is 5.26 Å². The third-order valence-electron chi connectivity index (χ3n) is 5.28. The Kier molecular flexibility index (Phi) is 5.64. The molecule has 1 fully saturated rings. The SMILES string of the molecule is N#Cc1ccc(-c2cc3c(ccn3CC3CCNC3)nc2OCCC(F)(F)F)cc1. The number of benzene rings is 1. The smallest absolute Gasteiger partial charge is 0.392 e. The number of hydrogen-bond acceptors (Lipinski definition) is 4. The molecule has 1 saturated heterocycles. The number of fused-ring (bicyclic) bond motifs is 1. The molecule has 30 heavy (non-hydrogen) atoms. The van der Waals surface area contributed by atoms with Crippen molar-refractivity contribution in [2.24, 2.45) is 5.92 Å². The van der Waals surface area contributed by atoms with E-state index in [4.69, 9.17) is 10.00 Å². The van der Waals surface area contributed by atoms with Crippen molar-refractivity contribution in [3.05, 3.63) is 48.2 Å². The summed E-state index contributed by atoms with van der Waals surface area (Å²) in [6, 6.07) is 12.7. The predicted molar refractivity (Wildman–Crippen MR) is 107 cm³/mol. The van der Waals surface area contributed by atoms with Crippen LogP contribution in [0.15, 0.2) is 42.6 Å². The monoisotopic (exact) mass is 414 g/mol. The lowest BCUT2D eigenvalue weighted by molar-refractivity contribution is -0.139. The van der Waals surface area contributed by atoms with Crippen LogP contribution in [0, 0.1) is 17.2 Å². The quantitative estimate of drug-likeness (QED) is 0.644. The largest absolute Gasteiger partial charge is 0.477 e. The Hall–Kier alpha value is -3.05. The molecule has 156 valence electrons. The van der Waals surface area contributed by atoms with Crippen LogP contribution in [-0.2, 0) is 6.54 Å². The molecule has 1 unspecified atom stereocenters. The van der Waals surface area contributed by atoms with E-state index in [2.05, 4.69) is 20.9 Å². The number of nitrogens with one attached hydrogen (secondary N) is 1. The number of hydrogen-bond donors (Lipinski definition) is 1. The van der Waals surface area contributed by atoms with E-state index in [1.165, 1.54) is 0 Å². The molecule has 1 aliphatic rings. The number of aromatic nitrogens is 2. The summed E-state index contributed by atoms with van der Waals surface area (Å²) < 4.78 is 45.3. The molecular weight excluding hydrogens is 393 g/mol. The van der Waals surface area contributed by atoms with Crippen LogP contribution in [0.1, 0.15) is 18.4 Å². The zero-order valence-corrected chi connectivity index (χ0v) is 16.2. The second-order valence-electron chi connectivity index (χ2n) is 7.48. The summed E-state index contributed by atoms with van der Waals surface area (Å²) in [4.78, 5) is 4.52. The molecule has 0 aliphatic carbocycles. The van der Waals surface area contributed by atoms with Crippen molar-refractivity contribution in [1.82, 2.24) is 14.9 Å². The van der Waals surface area contributed by atoms with Crippen LogP contribution in [0.4, 0.5) is 13.2 Å². The van der Waals surface area contributed by atoms with Gasteiger partial charge in [-0.25, -0.2) is 4.98 Å². The first kappa shape index (κ1) is 20.2. The van der Waals surface area contributed by atoms with Crippen LogP contribution < -0.4 is 10.1 Å². The van der Waals surface area contributed by atoms with E-state index >= 15 is 0 Å². The second-order valence-corrected chi connectivity index (χ2v) is 7.48. The molecule has 0 bridgehead atoms. The average molecular weight is 414 g/mol. The van der Waals surface area contributed by atoms with Crippen LogP contribution in [0.2, 0.25) is 0 Å². The fraction of sp³-hybridized carbons (Fsp3) is 0.364.